The molecule has 0 unspecified atom stereocenters. The van der Waals surface area contributed by atoms with Crippen LogP contribution in [0.25, 0.3) is 11.7 Å². The van der Waals surface area contributed by atoms with E-state index in [9.17, 15) is 13.2 Å². The van der Waals surface area contributed by atoms with Gasteiger partial charge in [-0.05, 0) is 42.7 Å². The van der Waals surface area contributed by atoms with Gasteiger partial charge in [-0.3, -0.25) is 0 Å². The maximum Gasteiger partial charge on any atom is 0.166 e. The van der Waals surface area contributed by atoms with E-state index in [4.69, 9.17) is 0 Å². The monoisotopic (exact) mass is 290 g/mol. The second-order valence-corrected chi connectivity index (χ2v) is 4.94. The van der Waals surface area contributed by atoms with E-state index in [1.54, 1.807) is 12.1 Å². The van der Waals surface area contributed by atoms with E-state index in [1.165, 1.54) is 12.1 Å². The standard InChI is InChI=1S/C18H17F3/c1-2-3-4-13-5-7-14(8-6-13)17(20)18(21)15-9-11-16(19)12-10-15/h5-12H,2-4H2,1H3/b18-17+. The highest BCUT2D eigenvalue weighted by Crippen LogP contribution is 2.29. The first kappa shape index (κ1) is 15.4. The molecule has 0 aliphatic heterocycles. The molecule has 0 radical (unpaired) electrons. The molecule has 21 heavy (non-hydrogen) atoms. The third-order valence-corrected chi connectivity index (χ3v) is 3.32. The van der Waals surface area contributed by atoms with Crippen molar-refractivity contribution in [2.24, 2.45) is 0 Å². The van der Waals surface area contributed by atoms with Crippen molar-refractivity contribution in [3.63, 3.8) is 0 Å². The van der Waals surface area contributed by atoms with E-state index >= 15 is 0 Å². The summed E-state index contributed by atoms with van der Waals surface area (Å²) in [5.74, 6) is -2.38. The molecule has 0 saturated carbocycles. The maximum atomic E-state index is 14.1. The zero-order chi connectivity index (χ0) is 15.2. The van der Waals surface area contributed by atoms with Gasteiger partial charge in [-0.25, -0.2) is 13.2 Å². The molecule has 0 heterocycles. The van der Waals surface area contributed by atoms with Gasteiger partial charge in [0.2, 0.25) is 0 Å². The van der Waals surface area contributed by atoms with Crippen LogP contribution in [0.15, 0.2) is 48.5 Å². The molecule has 0 aromatic heterocycles. The van der Waals surface area contributed by atoms with Crippen molar-refractivity contribution in [3.05, 3.63) is 71.0 Å². The molecule has 3 heteroatoms. The summed E-state index contributed by atoms with van der Waals surface area (Å²) in [5, 5.41) is 0. The quantitative estimate of drug-likeness (QED) is 0.598. The van der Waals surface area contributed by atoms with Crippen molar-refractivity contribution in [3.8, 4) is 0 Å². The van der Waals surface area contributed by atoms with Crippen LogP contribution in [-0.2, 0) is 6.42 Å². The van der Waals surface area contributed by atoms with Crippen LogP contribution < -0.4 is 0 Å². The molecular weight excluding hydrogens is 273 g/mol. The lowest BCUT2D eigenvalue weighted by Crippen LogP contribution is -1.88. The van der Waals surface area contributed by atoms with Crippen LogP contribution in [0.2, 0.25) is 0 Å². The lowest BCUT2D eigenvalue weighted by Gasteiger charge is -2.04. The van der Waals surface area contributed by atoms with E-state index < -0.39 is 17.5 Å². The summed E-state index contributed by atoms with van der Waals surface area (Å²) in [6, 6.07) is 11.4. The minimum atomic E-state index is -0.976. The van der Waals surface area contributed by atoms with E-state index in [2.05, 4.69) is 6.92 Å². The summed E-state index contributed by atoms with van der Waals surface area (Å²) in [4.78, 5) is 0. The molecule has 0 nitrogen and oxygen atoms in total. The Morgan fingerprint density at radius 1 is 0.810 bits per heavy atom. The molecule has 0 N–H and O–H groups in total. The average Bonchev–Trinajstić information content (AvgIpc) is 2.53. The normalized spacial score (nSPS) is 12.2. The molecule has 0 aliphatic rings. The first-order valence-corrected chi connectivity index (χ1v) is 7.02. The van der Waals surface area contributed by atoms with Crippen LogP contribution in [0.5, 0.6) is 0 Å². The van der Waals surface area contributed by atoms with Crippen LogP contribution in [0.1, 0.15) is 36.5 Å². The Morgan fingerprint density at radius 2 is 1.29 bits per heavy atom. The van der Waals surface area contributed by atoms with Crippen LogP contribution in [0.4, 0.5) is 13.2 Å². The molecule has 0 amide bonds. The van der Waals surface area contributed by atoms with Crippen molar-refractivity contribution < 1.29 is 13.2 Å². The lowest BCUT2D eigenvalue weighted by atomic mass is 10.0. The summed E-state index contributed by atoms with van der Waals surface area (Å²) >= 11 is 0. The zero-order valence-corrected chi connectivity index (χ0v) is 11.9. The fraction of sp³-hybridized carbons (Fsp3) is 0.222. The molecule has 0 atom stereocenters. The first-order chi connectivity index (χ1) is 10.1. The molecule has 2 aromatic carbocycles. The van der Waals surface area contributed by atoms with Gasteiger partial charge in [-0.2, -0.15) is 0 Å². The van der Waals surface area contributed by atoms with Gasteiger partial charge in [0.15, 0.2) is 11.7 Å². The maximum absolute atomic E-state index is 14.1. The first-order valence-electron chi connectivity index (χ1n) is 7.02. The Morgan fingerprint density at radius 3 is 1.76 bits per heavy atom. The van der Waals surface area contributed by atoms with Crippen LogP contribution in [-0.4, -0.2) is 0 Å². The summed E-state index contributed by atoms with van der Waals surface area (Å²) in [6.45, 7) is 2.11. The average molecular weight is 290 g/mol. The Bertz CT molecular complexity index is 610. The van der Waals surface area contributed by atoms with Crippen LogP contribution in [0, 0.1) is 5.82 Å². The van der Waals surface area contributed by atoms with E-state index in [0.29, 0.717) is 0 Å². The van der Waals surface area contributed by atoms with Crippen LogP contribution >= 0.6 is 0 Å². The molecular formula is C18H17F3. The third-order valence-electron chi connectivity index (χ3n) is 3.32. The predicted molar refractivity (Wildman–Crippen MR) is 80.5 cm³/mol. The van der Waals surface area contributed by atoms with E-state index in [-0.39, 0.29) is 11.1 Å². The fourth-order valence-corrected chi connectivity index (χ4v) is 2.05. The number of unbranched alkanes of at least 4 members (excludes halogenated alkanes) is 1. The molecule has 0 aliphatic carbocycles. The third kappa shape index (κ3) is 3.97. The SMILES string of the molecule is CCCCc1ccc(/C(F)=C(\F)c2ccc(F)cc2)cc1. The van der Waals surface area contributed by atoms with Gasteiger partial charge in [0.25, 0.3) is 0 Å². The van der Waals surface area contributed by atoms with Crippen LogP contribution in [0.3, 0.4) is 0 Å². The second-order valence-electron chi connectivity index (χ2n) is 4.94. The van der Waals surface area contributed by atoms with Gasteiger partial charge < -0.3 is 0 Å². The zero-order valence-electron chi connectivity index (χ0n) is 11.9. The highest BCUT2D eigenvalue weighted by Gasteiger charge is 2.11. The van der Waals surface area contributed by atoms with E-state index in [0.717, 1.165) is 37.0 Å². The number of halogens is 3. The van der Waals surface area contributed by atoms with Crippen molar-refractivity contribution in [2.75, 3.05) is 0 Å². The van der Waals surface area contributed by atoms with Gasteiger partial charge in [0, 0.05) is 11.1 Å². The van der Waals surface area contributed by atoms with E-state index in [1.807, 2.05) is 12.1 Å². The molecule has 0 spiro atoms. The van der Waals surface area contributed by atoms with Gasteiger partial charge in [-0.15, -0.1) is 0 Å². The van der Waals surface area contributed by atoms with Crippen molar-refractivity contribution in [1.29, 1.82) is 0 Å². The number of hydrogen-bond donors (Lipinski definition) is 0. The molecule has 0 saturated heterocycles. The Kier molecular flexibility index (Phi) is 5.20. The minimum absolute atomic E-state index is 0.0314. The predicted octanol–water partition coefficient (Wildman–Crippen LogP) is 5.93. The molecule has 0 fully saturated rings. The lowest BCUT2D eigenvalue weighted by molar-refractivity contribution is 0.627. The molecule has 2 aromatic rings. The van der Waals surface area contributed by atoms with Gasteiger partial charge in [0.1, 0.15) is 5.82 Å². The summed E-state index contributed by atoms with van der Waals surface area (Å²) in [7, 11) is 0. The smallest absolute Gasteiger partial charge is 0.166 e. The Balaban J connectivity index is 2.23. The number of rotatable bonds is 5. The number of aryl methyl sites for hydroxylation is 1. The Labute approximate surface area is 122 Å². The number of benzene rings is 2. The Hall–Kier alpha value is -2.03. The van der Waals surface area contributed by atoms with Crippen molar-refractivity contribution in [2.45, 2.75) is 26.2 Å². The molecule has 2 rings (SSSR count). The largest absolute Gasteiger partial charge is 0.207 e. The fourth-order valence-electron chi connectivity index (χ4n) is 2.05. The summed E-state index contributed by atoms with van der Waals surface area (Å²) < 4.78 is 40.9. The minimum Gasteiger partial charge on any atom is -0.207 e. The topological polar surface area (TPSA) is 0 Å². The highest BCUT2D eigenvalue weighted by atomic mass is 19.2. The van der Waals surface area contributed by atoms with Crippen molar-refractivity contribution in [1.82, 2.24) is 0 Å². The van der Waals surface area contributed by atoms with Gasteiger partial charge >= 0.3 is 0 Å². The number of hydrogen-bond acceptors (Lipinski definition) is 0. The second kappa shape index (κ2) is 7.11. The van der Waals surface area contributed by atoms with Crippen molar-refractivity contribution >= 4 is 11.7 Å². The summed E-state index contributed by atoms with van der Waals surface area (Å²) in [5.41, 5.74) is 1.33. The highest BCUT2D eigenvalue weighted by molar-refractivity contribution is 5.83. The summed E-state index contributed by atoms with van der Waals surface area (Å²) in [6.07, 6.45) is 3.10. The van der Waals surface area contributed by atoms with Gasteiger partial charge in [-0.1, -0.05) is 37.6 Å². The molecule has 0 bridgehead atoms. The molecule has 110 valence electrons. The van der Waals surface area contributed by atoms with Gasteiger partial charge in [0.05, 0.1) is 0 Å².